The highest BCUT2D eigenvalue weighted by molar-refractivity contribution is 7.16. The Hall–Kier alpha value is -2.82. The summed E-state index contributed by atoms with van der Waals surface area (Å²) in [6.07, 6.45) is -4.79. The minimum atomic E-state index is -4.79. The number of alkyl halides is 3. The maximum Gasteiger partial charge on any atom is 0.573 e. The van der Waals surface area contributed by atoms with Crippen LogP contribution >= 0.6 is 11.3 Å². The van der Waals surface area contributed by atoms with E-state index in [2.05, 4.69) is 20.4 Å². The van der Waals surface area contributed by atoms with Crippen molar-refractivity contribution in [3.8, 4) is 5.75 Å². The Balaban J connectivity index is 1.97. The van der Waals surface area contributed by atoms with Crippen molar-refractivity contribution < 1.29 is 32.6 Å². The third-order valence-corrected chi connectivity index (χ3v) is 3.45. The molecule has 1 heterocycles. The van der Waals surface area contributed by atoms with Crippen molar-refractivity contribution in [2.24, 2.45) is 0 Å². The van der Waals surface area contributed by atoms with Crippen LogP contribution in [-0.2, 0) is 0 Å². The molecule has 2 aromatic rings. The lowest BCUT2D eigenvalue weighted by Gasteiger charge is -2.10. The molecule has 0 unspecified atom stereocenters. The van der Waals surface area contributed by atoms with Gasteiger partial charge in [0.1, 0.15) is 5.75 Å². The second-order valence-electron chi connectivity index (χ2n) is 4.38. The number of aryl methyl sites for hydroxylation is 1. The molecule has 0 aliphatic heterocycles. The van der Waals surface area contributed by atoms with Gasteiger partial charge in [-0.15, -0.1) is 24.5 Å². The smallest absolute Gasteiger partial charge is 0.476 e. The Morgan fingerprint density at radius 3 is 2.33 bits per heavy atom. The zero-order valence-electron chi connectivity index (χ0n) is 12.0. The summed E-state index contributed by atoms with van der Waals surface area (Å²) in [5.74, 6) is -1.63. The van der Waals surface area contributed by atoms with Gasteiger partial charge in [-0.05, 0) is 31.2 Å². The van der Waals surface area contributed by atoms with Crippen LogP contribution in [0.25, 0.3) is 0 Å². The number of carbonyl (C=O) groups is 2. The molecule has 2 amide bonds. The first-order valence-corrected chi connectivity index (χ1v) is 7.10. The van der Waals surface area contributed by atoms with Gasteiger partial charge in [-0.2, -0.15) is 0 Å². The number of ether oxygens (including phenoxy) is 1. The predicted octanol–water partition coefficient (Wildman–Crippen LogP) is 3.69. The first kappa shape index (κ1) is 17.5. The number of halogens is 3. The van der Waals surface area contributed by atoms with Crippen LogP contribution in [0.1, 0.15) is 15.4 Å². The lowest BCUT2D eigenvalue weighted by Crippen LogP contribution is -2.19. The summed E-state index contributed by atoms with van der Waals surface area (Å²) < 4.78 is 39.8. The second kappa shape index (κ2) is 6.74. The Morgan fingerprint density at radius 1 is 1.21 bits per heavy atom. The molecule has 128 valence electrons. The number of urea groups is 1. The summed E-state index contributed by atoms with van der Waals surface area (Å²) in [6, 6.07) is 3.80. The molecule has 0 aliphatic rings. The minimum Gasteiger partial charge on any atom is -0.476 e. The molecule has 24 heavy (non-hydrogen) atoms. The Labute approximate surface area is 137 Å². The summed E-state index contributed by atoms with van der Waals surface area (Å²) >= 11 is 0.981. The highest BCUT2D eigenvalue weighted by atomic mass is 32.1. The van der Waals surface area contributed by atoms with Gasteiger partial charge in [-0.3, -0.25) is 5.32 Å². The molecule has 0 saturated carbocycles. The van der Waals surface area contributed by atoms with Crippen LogP contribution in [0.15, 0.2) is 24.3 Å². The Morgan fingerprint density at radius 2 is 1.83 bits per heavy atom. The fourth-order valence-electron chi connectivity index (χ4n) is 1.65. The van der Waals surface area contributed by atoms with E-state index in [1.807, 2.05) is 0 Å². The molecule has 0 aliphatic carbocycles. The largest absolute Gasteiger partial charge is 0.573 e. The third kappa shape index (κ3) is 4.84. The van der Waals surface area contributed by atoms with Crippen molar-refractivity contribution >= 4 is 34.2 Å². The maximum absolute atomic E-state index is 12.0. The number of nitrogens with zero attached hydrogens (tertiary/aromatic N) is 1. The van der Waals surface area contributed by atoms with Gasteiger partial charge in [0.15, 0.2) is 10.8 Å². The van der Waals surface area contributed by atoms with E-state index in [4.69, 9.17) is 5.11 Å². The fraction of sp³-hybridized carbons (Fsp3) is 0.154. The number of carbonyl (C=O) groups excluding carboxylic acids is 1. The van der Waals surface area contributed by atoms with Gasteiger partial charge in [-0.25, -0.2) is 14.6 Å². The zero-order valence-corrected chi connectivity index (χ0v) is 12.8. The van der Waals surface area contributed by atoms with Crippen LogP contribution in [0.3, 0.4) is 0 Å². The standard InChI is InChI=1S/C13H10F3N3O4S/c1-6-9(10(20)21)18-12(24-6)19-11(22)17-7-2-4-8(5-3-7)23-13(14,15)16/h2-5H,1H3,(H,20,21)(H2,17,18,19,22). The van der Waals surface area contributed by atoms with Crippen molar-refractivity contribution in [1.82, 2.24) is 4.98 Å². The summed E-state index contributed by atoms with van der Waals surface area (Å²) in [5, 5.41) is 13.7. The van der Waals surface area contributed by atoms with Gasteiger partial charge in [0.25, 0.3) is 0 Å². The van der Waals surface area contributed by atoms with Crippen LogP contribution in [0.4, 0.5) is 28.8 Å². The molecule has 1 aromatic carbocycles. The van der Waals surface area contributed by atoms with Crippen molar-refractivity contribution in [2.75, 3.05) is 10.6 Å². The maximum atomic E-state index is 12.0. The monoisotopic (exact) mass is 361 g/mol. The number of benzene rings is 1. The van der Waals surface area contributed by atoms with Gasteiger partial charge >= 0.3 is 18.4 Å². The molecule has 0 fully saturated rings. The number of aromatic carboxylic acids is 1. The van der Waals surface area contributed by atoms with E-state index in [9.17, 15) is 22.8 Å². The predicted molar refractivity (Wildman–Crippen MR) is 79.6 cm³/mol. The van der Waals surface area contributed by atoms with E-state index in [0.717, 1.165) is 23.5 Å². The summed E-state index contributed by atoms with van der Waals surface area (Å²) in [5.41, 5.74) is 0.0534. The van der Waals surface area contributed by atoms with Crippen molar-refractivity contribution in [3.05, 3.63) is 34.8 Å². The number of hydrogen-bond acceptors (Lipinski definition) is 5. The number of carboxylic acid groups (broad SMARTS) is 1. The number of amides is 2. The van der Waals surface area contributed by atoms with Gasteiger partial charge < -0.3 is 15.2 Å². The molecular weight excluding hydrogens is 351 g/mol. The quantitative estimate of drug-likeness (QED) is 0.771. The first-order chi connectivity index (χ1) is 11.1. The average Bonchev–Trinajstić information content (AvgIpc) is 2.80. The number of anilines is 2. The van der Waals surface area contributed by atoms with Crippen LogP contribution in [0.2, 0.25) is 0 Å². The van der Waals surface area contributed by atoms with Crippen molar-refractivity contribution in [2.45, 2.75) is 13.3 Å². The Kier molecular flexibility index (Phi) is 4.93. The highest BCUT2D eigenvalue weighted by Gasteiger charge is 2.30. The van der Waals surface area contributed by atoms with E-state index >= 15 is 0 Å². The van der Waals surface area contributed by atoms with E-state index in [-0.39, 0.29) is 16.5 Å². The van der Waals surface area contributed by atoms with Gasteiger partial charge in [0.2, 0.25) is 0 Å². The molecular formula is C13H10F3N3O4S. The summed E-state index contributed by atoms with van der Waals surface area (Å²) in [7, 11) is 0. The molecule has 0 bridgehead atoms. The van der Waals surface area contributed by atoms with Gasteiger partial charge in [0.05, 0.1) is 0 Å². The molecule has 11 heteroatoms. The number of aromatic nitrogens is 1. The number of thiazole rings is 1. The number of carboxylic acids is 1. The zero-order chi connectivity index (χ0) is 17.9. The van der Waals surface area contributed by atoms with E-state index in [1.54, 1.807) is 6.92 Å². The van der Waals surface area contributed by atoms with Gasteiger partial charge in [0, 0.05) is 10.6 Å². The lowest BCUT2D eigenvalue weighted by atomic mass is 10.3. The second-order valence-corrected chi connectivity index (χ2v) is 5.58. The molecule has 1 aromatic heterocycles. The molecule has 0 atom stereocenters. The van der Waals surface area contributed by atoms with E-state index in [1.165, 1.54) is 12.1 Å². The molecule has 0 spiro atoms. The molecule has 0 saturated heterocycles. The van der Waals surface area contributed by atoms with Gasteiger partial charge in [-0.1, -0.05) is 0 Å². The van der Waals surface area contributed by atoms with Crippen LogP contribution in [-0.4, -0.2) is 28.5 Å². The Bertz CT molecular complexity index is 759. The summed E-state index contributed by atoms with van der Waals surface area (Å²) in [4.78, 5) is 26.8. The highest BCUT2D eigenvalue weighted by Crippen LogP contribution is 2.25. The average molecular weight is 361 g/mol. The lowest BCUT2D eigenvalue weighted by molar-refractivity contribution is -0.274. The summed E-state index contributed by atoms with van der Waals surface area (Å²) in [6.45, 7) is 1.55. The minimum absolute atomic E-state index is 0.0828. The molecule has 7 nitrogen and oxygen atoms in total. The van der Waals surface area contributed by atoms with Crippen molar-refractivity contribution in [3.63, 3.8) is 0 Å². The van der Waals surface area contributed by atoms with Crippen LogP contribution < -0.4 is 15.4 Å². The first-order valence-electron chi connectivity index (χ1n) is 6.28. The fourth-order valence-corrected chi connectivity index (χ4v) is 2.45. The molecule has 0 radical (unpaired) electrons. The number of nitrogens with one attached hydrogen (secondary N) is 2. The normalized spacial score (nSPS) is 11.0. The number of hydrogen-bond donors (Lipinski definition) is 3. The van der Waals surface area contributed by atoms with E-state index in [0.29, 0.717) is 4.88 Å². The van der Waals surface area contributed by atoms with Crippen molar-refractivity contribution in [1.29, 1.82) is 0 Å². The SMILES string of the molecule is Cc1sc(NC(=O)Nc2ccc(OC(F)(F)F)cc2)nc1C(=O)O. The van der Waals surface area contributed by atoms with Crippen LogP contribution in [0, 0.1) is 6.92 Å². The third-order valence-electron chi connectivity index (χ3n) is 2.57. The molecule has 3 N–H and O–H groups in total. The number of rotatable bonds is 4. The van der Waals surface area contributed by atoms with E-state index < -0.39 is 24.1 Å². The topological polar surface area (TPSA) is 101 Å². The van der Waals surface area contributed by atoms with Crippen LogP contribution in [0.5, 0.6) is 5.75 Å². The molecule has 2 rings (SSSR count).